The predicted molar refractivity (Wildman–Crippen MR) is 105 cm³/mol. The highest BCUT2D eigenvalue weighted by Gasteiger charge is 2.39. The van der Waals surface area contributed by atoms with Crippen LogP contribution in [-0.2, 0) is 17.9 Å². The molecule has 2 N–H and O–H groups in total. The first-order valence-electron chi connectivity index (χ1n) is 9.67. The number of aromatic nitrogens is 2. The summed E-state index contributed by atoms with van der Waals surface area (Å²) in [6.45, 7) is 5.23. The summed E-state index contributed by atoms with van der Waals surface area (Å²) in [6.07, 6.45) is 0. The minimum atomic E-state index is -0.964. The van der Waals surface area contributed by atoms with Crippen LogP contribution in [-0.4, -0.2) is 51.6 Å². The van der Waals surface area contributed by atoms with Gasteiger partial charge in [0.1, 0.15) is 12.4 Å². The molecule has 3 heterocycles. The Labute approximate surface area is 171 Å². The number of hydrogen-bond donors (Lipinski definition) is 1. The first-order chi connectivity index (χ1) is 14.1. The maximum Gasteiger partial charge on any atom is 0.352 e. The number of benzene rings is 1. The molecule has 1 saturated heterocycles. The minimum absolute atomic E-state index is 0.0512. The Morgan fingerprint density at radius 2 is 2.00 bits per heavy atom. The molecule has 1 atom stereocenters. The zero-order valence-corrected chi connectivity index (χ0v) is 16.8. The number of nitrogens with zero attached hydrogens (tertiary/aromatic N) is 4. The molecule has 2 aliphatic rings. The van der Waals surface area contributed by atoms with Crippen LogP contribution in [0.4, 0.5) is 14.6 Å². The van der Waals surface area contributed by atoms with Gasteiger partial charge in [-0.05, 0) is 31.5 Å². The second kappa shape index (κ2) is 7.35. The molecule has 160 valence electrons. The van der Waals surface area contributed by atoms with Gasteiger partial charge in [0.15, 0.2) is 11.6 Å². The lowest BCUT2D eigenvalue weighted by Crippen LogP contribution is -2.59. The molecule has 0 aliphatic carbocycles. The third-order valence-electron chi connectivity index (χ3n) is 5.35. The molecule has 1 unspecified atom stereocenters. The van der Waals surface area contributed by atoms with E-state index in [-0.39, 0.29) is 24.4 Å². The molecule has 2 aromatic rings. The van der Waals surface area contributed by atoms with Crippen molar-refractivity contribution in [2.45, 2.75) is 38.6 Å². The van der Waals surface area contributed by atoms with Gasteiger partial charge in [0.05, 0.1) is 18.1 Å². The van der Waals surface area contributed by atoms with E-state index in [4.69, 9.17) is 10.5 Å². The standard InChI is InChI=1S/C20H23F2N5O3/c1-20(2,23)18(28)25-5-6-26-13(9-25)10-27-17(26)8-16(24-19(27)29)30-11-12-3-4-14(21)15(22)7-12/h3-4,7-8,13H,5-6,9-11,23H2,1-2H3. The van der Waals surface area contributed by atoms with Crippen molar-refractivity contribution in [3.05, 3.63) is 51.9 Å². The van der Waals surface area contributed by atoms with Crippen molar-refractivity contribution in [3.8, 4) is 5.88 Å². The van der Waals surface area contributed by atoms with Crippen LogP contribution in [0, 0.1) is 11.6 Å². The number of anilines is 1. The molecule has 4 rings (SSSR count). The van der Waals surface area contributed by atoms with E-state index in [9.17, 15) is 18.4 Å². The highest BCUT2D eigenvalue weighted by molar-refractivity contribution is 5.85. The normalized spacial score (nSPS) is 18.2. The summed E-state index contributed by atoms with van der Waals surface area (Å²) >= 11 is 0. The van der Waals surface area contributed by atoms with Gasteiger partial charge in [-0.3, -0.25) is 9.36 Å². The fourth-order valence-corrected chi connectivity index (χ4v) is 3.86. The molecule has 0 radical (unpaired) electrons. The van der Waals surface area contributed by atoms with E-state index < -0.39 is 22.9 Å². The molecular formula is C20H23F2N5O3. The SMILES string of the molecule is CC(C)(N)C(=O)N1CCN2c3cc(OCc4ccc(F)c(F)c4)nc(=O)n3CC2C1. The minimum Gasteiger partial charge on any atom is -0.473 e. The van der Waals surface area contributed by atoms with E-state index in [2.05, 4.69) is 9.88 Å². The van der Waals surface area contributed by atoms with Crippen molar-refractivity contribution >= 4 is 11.7 Å². The summed E-state index contributed by atoms with van der Waals surface area (Å²) < 4.78 is 33.5. The maximum atomic E-state index is 13.4. The van der Waals surface area contributed by atoms with Gasteiger partial charge in [-0.1, -0.05) is 6.07 Å². The summed E-state index contributed by atoms with van der Waals surface area (Å²) in [6, 6.07) is 5.07. The molecule has 0 spiro atoms. The first-order valence-corrected chi connectivity index (χ1v) is 9.67. The number of amides is 1. The van der Waals surface area contributed by atoms with Gasteiger partial charge in [-0.25, -0.2) is 13.6 Å². The lowest BCUT2D eigenvalue weighted by Gasteiger charge is -2.40. The van der Waals surface area contributed by atoms with Gasteiger partial charge in [0, 0.05) is 25.7 Å². The summed E-state index contributed by atoms with van der Waals surface area (Å²) in [5, 5.41) is 0. The Bertz CT molecular complexity index is 1050. The Balaban J connectivity index is 1.50. The predicted octanol–water partition coefficient (Wildman–Crippen LogP) is 0.869. The highest BCUT2D eigenvalue weighted by atomic mass is 19.2. The van der Waals surface area contributed by atoms with Crippen molar-refractivity contribution in [1.29, 1.82) is 0 Å². The molecule has 0 bridgehead atoms. The van der Waals surface area contributed by atoms with Gasteiger partial charge >= 0.3 is 5.69 Å². The molecule has 1 fully saturated rings. The molecule has 1 aromatic carbocycles. The van der Waals surface area contributed by atoms with Crippen molar-refractivity contribution in [2.24, 2.45) is 5.73 Å². The van der Waals surface area contributed by atoms with Crippen LogP contribution in [0.15, 0.2) is 29.1 Å². The van der Waals surface area contributed by atoms with Crippen LogP contribution in [0.5, 0.6) is 5.88 Å². The number of piperazine rings is 1. The fraction of sp³-hybridized carbons (Fsp3) is 0.450. The van der Waals surface area contributed by atoms with Crippen molar-refractivity contribution in [1.82, 2.24) is 14.5 Å². The Morgan fingerprint density at radius 3 is 2.70 bits per heavy atom. The average Bonchev–Trinajstić information content (AvgIpc) is 3.06. The molecule has 10 heteroatoms. The van der Waals surface area contributed by atoms with Crippen molar-refractivity contribution in [2.75, 3.05) is 24.5 Å². The second-order valence-corrected chi connectivity index (χ2v) is 8.20. The van der Waals surface area contributed by atoms with E-state index >= 15 is 0 Å². The molecule has 8 nitrogen and oxygen atoms in total. The maximum absolute atomic E-state index is 13.4. The lowest BCUT2D eigenvalue weighted by molar-refractivity contribution is -0.136. The monoisotopic (exact) mass is 419 g/mol. The van der Waals surface area contributed by atoms with E-state index in [1.165, 1.54) is 6.07 Å². The number of hydrogen-bond acceptors (Lipinski definition) is 6. The van der Waals surface area contributed by atoms with Crippen LogP contribution in [0.2, 0.25) is 0 Å². The van der Waals surface area contributed by atoms with E-state index in [0.29, 0.717) is 37.6 Å². The summed E-state index contributed by atoms with van der Waals surface area (Å²) in [5.74, 6) is -1.25. The smallest absolute Gasteiger partial charge is 0.352 e. The average molecular weight is 419 g/mol. The number of carbonyl (C=O) groups excluding carboxylic acids is 1. The van der Waals surface area contributed by atoms with Crippen LogP contribution >= 0.6 is 0 Å². The van der Waals surface area contributed by atoms with Gasteiger partial charge in [0.25, 0.3) is 0 Å². The van der Waals surface area contributed by atoms with Crippen LogP contribution in [0.3, 0.4) is 0 Å². The number of halogens is 2. The largest absolute Gasteiger partial charge is 0.473 e. The molecular weight excluding hydrogens is 396 g/mol. The number of carbonyl (C=O) groups is 1. The zero-order valence-electron chi connectivity index (χ0n) is 16.8. The van der Waals surface area contributed by atoms with E-state index in [0.717, 1.165) is 12.1 Å². The topological polar surface area (TPSA) is 93.7 Å². The van der Waals surface area contributed by atoms with Crippen LogP contribution in [0.25, 0.3) is 0 Å². The Kier molecular flexibility index (Phi) is 4.97. The van der Waals surface area contributed by atoms with Crippen LogP contribution in [0.1, 0.15) is 19.4 Å². The highest BCUT2D eigenvalue weighted by Crippen LogP contribution is 2.29. The number of rotatable bonds is 4. The van der Waals surface area contributed by atoms with Gasteiger partial charge in [0.2, 0.25) is 11.8 Å². The molecule has 1 amide bonds. The fourth-order valence-electron chi connectivity index (χ4n) is 3.86. The van der Waals surface area contributed by atoms with E-state index in [1.807, 2.05) is 0 Å². The van der Waals surface area contributed by atoms with E-state index in [1.54, 1.807) is 29.4 Å². The van der Waals surface area contributed by atoms with Crippen molar-refractivity contribution in [3.63, 3.8) is 0 Å². The quantitative estimate of drug-likeness (QED) is 0.791. The third kappa shape index (κ3) is 3.74. The number of nitrogens with two attached hydrogens (primary N) is 1. The zero-order chi connectivity index (χ0) is 21.6. The van der Waals surface area contributed by atoms with Gasteiger partial charge < -0.3 is 20.3 Å². The van der Waals surface area contributed by atoms with Crippen molar-refractivity contribution < 1.29 is 18.3 Å². The number of fused-ring (bicyclic) bond motifs is 3. The van der Waals surface area contributed by atoms with Crippen LogP contribution < -0.4 is 21.1 Å². The Morgan fingerprint density at radius 1 is 1.23 bits per heavy atom. The Hall–Kier alpha value is -3.01. The lowest BCUT2D eigenvalue weighted by atomic mass is 10.0. The summed E-state index contributed by atoms with van der Waals surface area (Å²) in [7, 11) is 0. The third-order valence-corrected chi connectivity index (χ3v) is 5.35. The molecule has 1 aromatic heterocycles. The van der Waals surface area contributed by atoms with Gasteiger partial charge in [-0.15, -0.1) is 0 Å². The molecule has 0 saturated carbocycles. The first kappa shape index (κ1) is 20.3. The van der Waals surface area contributed by atoms with Gasteiger partial charge in [-0.2, -0.15) is 4.98 Å². The summed E-state index contributed by atoms with van der Waals surface area (Å²) in [5.41, 5.74) is 4.95. The molecule has 30 heavy (non-hydrogen) atoms. The number of ether oxygens (including phenoxy) is 1. The second-order valence-electron chi connectivity index (χ2n) is 8.20. The molecule has 2 aliphatic heterocycles. The summed E-state index contributed by atoms with van der Waals surface area (Å²) in [4.78, 5) is 32.7.